The van der Waals surface area contributed by atoms with E-state index in [4.69, 9.17) is 15.5 Å². The summed E-state index contributed by atoms with van der Waals surface area (Å²) in [4.78, 5) is 41.1. The molecule has 2 saturated heterocycles. The number of carbonyl (C=O) groups excluding carboxylic acids is 2. The van der Waals surface area contributed by atoms with E-state index in [9.17, 15) is 9.59 Å². The lowest BCUT2D eigenvalue weighted by Gasteiger charge is -2.37. The second-order valence-corrected chi connectivity index (χ2v) is 9.33. The Morgan fingerprint density at radius 3 is 2.76 bits per heavy atom. The molecule has 6 rings (SSSR count). The van der Waals surface area contributed by atoms with Crippen molar-refractivity contribution < 1.29 is 14.3 Å². The Morgan fingerprint density at radius 1 is 1.16 bits per heavy atom. The molecule has 0 saturated carbocycles. The lowest BCUT2D eigenvalue weighted by Crippen LogP contribution is -2.46. The number of hydrogen-bond acceptors (Lipinski definition) is 7. The van der Waals surface area contributed by atoms with Crippen molar-refractivity contribution >= 4 is 29.0 Å². The monoisotopic (exact) mass is 507 g/mol. The van der Waals surface area contributed by atoms with Gasteiger partial charge in [0.05, 0.1) is 6.10 Å². The van der Waals surface area contributed by atoms with Crippen LogP contribution < -0.4 is 11.1 Å². The number of hydrogen-bond donors (Lipinski definition) is 2. The molecular formula is C28H25N7O3. The number of aromatic nitrogens is 4. The first kappa shape index (κ1) is 23.6. The average molecular weight is 508 g/mol. The van der Waals surface area contributed by atoms with Gasteiger partial charge in [-0.2, -0.15) is 0 Å². The summed E-state index contributed by atoms with van der Waals surface area (Å²) < 4.78 is 7.84. The number of benzene rings is 1. The molecule has 0 radical (unpaired) electrons. The van der Waals surface area contributed by atoms with Gasteiger partial charge < -0.3 is 20.7 Å². The zero-order chi connectivity index (χ0) is 26.3. The van der Waals surface area contributed by atoms with Gasteiger partial charge in [-0.25, -0.2) is 15.0 Å². The van der Waals surface area contributed by atoms with Gasteiger partial charge in [0.1, 0.15) is 34.2 Å². The number of pyridine rings is 1. The molecule has 3 N–H and O–H groups in total. The topological polar surface area (TPSA) is 128 Å². The molecule has 2 aliphatic heterocycles. The Kier molecular flexibility index (Phi) is 5.77. The number of imidazole rings is 1. The Hall–Kier alpha value is -4.75. The van der Waals surface area contributed by atoms with E-state index in [0.717, 1.165) is 5.56 Å². The second-order valence-electron chi connectivity index (χ2n) is 9.33. The predicted molar refractivity (Wildman–Crippen MR) is 141 cm³/mol. The lowest BCUT2D eigenvalue weighted by molar-refractivity contribution is -0.130. The van der Waals surface area contributed by atoms with E-state index >= 15 is 0 Å². The first-order valence-electron chi connectivity index (χ1n) is 12.3. The molecule has 2 aliphatic rings. The van der Waals surface area contributed by atoms with Crippen LogP contribution in [-0.2, 0) is 15.1 Å². The van der Waals surface area contributed by atoms with E-state index < -0.39 is 5.54 Å². The minimum Gasteiger partial charge on any atom is -0.382 e. The van der Waals surface area contributed by atoms with Crippen LogP contribution in [-0.4, -0.2) is 55.3 Å². The molecular weight excluding hydrogens is 482 g/mol. The summed E-state index contributed by atoms with van der Waals surface area (Å²) in [7, 11) is 0. The van der Waals surface area contributed by atoms with Crippen molar-refractivity contribution in [2.45, 2.75) is 31.4 Å². The van der Waals surface area contributed by atoms with E-state index in [2.05, 4.69) is 27.1 Å². The zero-order valence-electron chi connectivity index (χ0n) is 20.7. The maximum absolute atomic E-state index is 13.1. The molecule has 3 aromatic heterocycles. The van der Waals surface area contributed by atoms with E-state index in [-0.39, 0.29) is 17.9 Å². The van der Waals surface area contributed by atoms with Crippen molar-refractivity contribution in [3.8, 4) is 23.1 Å². The number of nitrogens with one attached hydrogen (secondary N) is 1. The zero-order valence-corrected chi connectivity index (χ0v) is 20.7. The molecule has 38 heavy (non-hydrogen) atoms. The number of fused-ring (bicyclic) bond motifs is 3. The van der Waals surface area contributed by atoms with Gasteiger partial charge in [-0.3, -0.25) is 14.0 Å². The van der Waals surface area contributed by atoms with Crippen molar-refractivity contribution in [3.05, 3.63) is 72.4 Å². The first-order valence-corrected chi connectivity index (χ1v) is 12.3. The van der Waals surface area contributed by atoms with Crippen molar-refractivity contribution in [2.24, 2.45) is 0 Å². The molecule has 2 amide bonds. The summed E-state index contributed by atoms with van der Waals surface area (Å²) >= 11 is 0. The van der Waals surface area contributed by atoms with Gasteiger partial charge in [-0.15, -0.1) is 0 Å². The molecule has 0 aliphatic carbocycles. The number of nitrogen functional groups attached to an aromatic ring is 1. The predicted octanol–water partition coefficient (Wildman–Crippen LogP) is 2.87. The lowest BCUT2D eigenvalue weighted by atomic mass is 9.88. The molecule has 4 aromatic rings. The molecule has 1 aromatic carbocycles. The fraction of sp³-hybridized carbons (Fsp3) is 0.250. The van der Waals surface area contributed by atoms with Crippen molar-refractivity contribution in [1.29, 1.82) is 0 Å². The number of nitrogens with two attached hydrogens (primary N) is 1. The molecule has 10 nitrogen and oxygen atoms in total. The van der Waals surface area contributed by atoms with Crippen LogP contribution in [0.2, 0.25) is 0 Å². The third-order valence-electron chi connectivity index (χ3n) is 7.14. The number of carbonyl (C=O) groups is 2. The van der Waals surface area contributed by atoms with Crippen molar-refractivity contribution in [3.63, 3.8) is 0 Å². The van der Waals surface area contributed by atoms with Gasteiger partial charge in [0.2, 0.25) is 0 Å². The van der Waals surface area contributed by atoms with Gasteiger partial charge >= 0.3 is 0 Å². The highest BCUT2D eigenvalue weighted by Crippen LogP contribution is 2.47. The minimum absolute atomic E-state index is 0.0850. The van der Waals surface area contributed by atoms with Crippen LogP contribution in [0.25, 0.3) is 16.8 Å². The SMILES string of the molecule is CC#CC(=O)N1C[C@@H]2CC1(c1nc(-c3ccc(C(=O)Nc4ccccn4)cc3)c3c(N)nccn13)CCO2. The third-order valence-corrected chi connectivity index (χ3v) is 7.14. The van der Waals surface area contributed by atoms with E-state index in [1.165, 1.54) is 0 Å². The molecule has 10 heteroatoms. The standard InChI is InChI=1S/C28H25N7O3/c1-2-5-22(36)35-17-20-16-28(35,11-15-38-20)27-33-23(24-25(29)31-13-14-34(24)27)18-7-9-19(10-8-18)26(37)32-21-6-3-4-12-30-21/h3-4,6-10,12-14,20H,11,15-17H2,1H3,(H2,29,31)(H,30,32,37)/t20-,28?/m0/s1. The van der Waals surface area contributed by atoms with Crippen LogP contribution >= 0.6 is 0 Å². The molecule has 190 valence electrons. The highest BCUT2D eigenvalue weighted by atomic mass is 16.5. The van der Waals surface area contributed by atoms with Crippen LogP contribution in [0.3, 0.4) is 0 Å². The van der Waals surface area contributed by atoms with Crippen molar-refractivity contribution in [2.75, 3.05) is 24.2 Å². The average Bonchev–Trinajstić information content (AvgIpc) is 3.46. The second kappa shape index (κ2) is 9.28. The van der Waals surface area contributed by atoms with Gasteiger partial charge in [-0.05, 0) is 37.1 Å². The van der Waals surface area contributed by atoms with Crippen LogP contribution in [0.15, 0.2) is 61.1 Å². The summed E-state index contributed by atoms with van der Waals surface area (Å²) in [5.74, 6) is 6.40. The summed E-state index contributed by atoms with van der Waals surface area (Å²) in [6, 6.07) is 12.4. The molecule has 0 spiro atoms. The highest BCUT2D eigenvalue weighted by molar-refractivity contribution is 6.04. The van der Waals surface area contributed by atoms with Crippen LogP contribution in [0.4, 0.5) is 11.6 Å². The number of nitrogens with zero attached hydrogens (tertiary/aromatic N) is 5. The maximum Gasteiger partial charge on any atom is 0.299 e. The Labute approximate surface area is 218 Å². The fourth-order valence-electron chi connectivity index (χ4n) is 5.45. The van der Waals surface area contributed by atoms with Gasteiger partial charge in [0.25, 0.3) is 11.8 Å². The van der Waals surface area contributed by atoms with Crippen molar-refractivity contribution in [1.82, 2.24) is 24.3 Å². The fourth-order valence-corrected chi connectivity index (χ4v) is 5.45. The number of likely N-dealkylation sites (tertiary alicyclic amines) is 1. The molecule has 2 fully saturated rings. The summed E-state index contributed by atoms with van der Waals surface area (Å²) in [6.07, 6.45) is 6.19. The molecule has 1 unspecified atom stereocenters. The Bertz CT molecular complexity index is 1600. The van der Waals surface area contributed by atoms with Crippen LogP contribution in [0.1, 0.15) is 35.9 Å². The van der Waals surface area contributed by atoms with Crippen LogP contribution in [0, 0.1) is 11.8 Å². The number of anilines is 2. The Morgan fingerprint density at radius 2 is 2.00 bits per heavy atom. The maximum atomic E-state index is 13.1. The van der Waals surface area contributed by atoms with E-state index in [1.807, 2.05) is 22.7 Å². The quantitative estimate of drug-likeness (QED) is 0.407. The van der Waals surface area contributed by atoms with Gasteiger partial charge in [-0.1, -0.05) is 24.1 Å². The van der Waals surface area contributed by atoms with E-state index in [1.54, 1.807) is 54.5 Å². The number of amides is 2. The van der Waals surface area contributed by atoms with E-state index in [0.29, 0.717) is 60.2 Å². The normalized spacial score (nSPS) is 20.1. The summed E-state index contributed by atoms with van der Waals surface area (Å²) in [5.41, 5.74) is 8.21. The van der Waals surface area contributed by atoms with Crippen LogP contribution in [0.5, 0.6) is 0 Å². The number of rotatable bonds is 4. The van der Waals surface area contributed by atoms with Gasteiger partial charge in [0.15, 0.2) is 0 Å². The number of ether oxygens (including phenoxy) is 1. The highest BCUT2D eigenvalue weighted by Gasteiger charge is 2.54. The third kappa shape index (κ3) is 3.84. The largest absolute Gasteiger partial charge is 0.382 e. The molecule has 2 atom stereocenters. The summed E-state index contributed by atoms with van der Waals surface area (Å²) in [5, 5.41) is 2.79. The van der Waals surface area contributed by atoms with Gasteiger partial charge in [0, 0.05) is 55.7 Å². The molecule has 5 heterocycles. The Balaban J connectivity index is 1.42. The molecule has 2 bridgehead atoms. The summed E-state index contributed by atoms with van der Waals surface area (Å²) in [6.45, 7) is 2.62. The first-order chi connectivity index (χ1) is 18.5. The minimum atomic E-state index is -0.679. The smallest absolute Gasteiger partial charge is 0.299 e.